The number of nitrogens with one attached hydrogen (secondary N) is 1. The van der Waals surface area contributed by atoms with Gasteiger partial charge in [0.1, 0.15) is 6.17 Å². The Hall–Kier alpha value is -2.07. The minimum absolute atomic E-state index is 0.230. The third-order valence-electron chi connectivity index (χ3n) is 4.66. The molecule has 1 unspecified atom stereocenters. The van der Waals surface area contributed by atoms with Gasteiger partial charge >= 0.3 is 0 Å². The van der Waals surface area contributed by atoms with E-state index in [-0.39, 0.29) is 12.3 Å². The third-order valence-corrected chi connectivity index (χ3v) is 5.85. The molecule has 0 aliphatic carbocycles. The fraction of sp³-hybridized carbons (Fsp3) is 0.174. The Morgan fingerprint density at radius 2 is 1.62 bits per heavy atom. The van der Waals surface area contributed by atoms with Crippen molar-refractivity contribution in [2.75, 3.05) is 5.32 Å². The summed E-state index contributed by atoms with van der Waals surface area (Å²) in [5.74, 6) is -0.230. The maximum Gasteiger partial charge on any atom is 0.255 e. The van der Waals surface area contributed by atoms with Gasteiger partial charge in [-0.1, -0.05) is 65.1 Å². The summed E-state index contributed by atoms with van der Waals surface area (Å²) in [5.41, 5.74) is 3.54. The van der Waals surface area contributed by atoms with E-state index in [4.69, 9.17) is 34.8 Å². The van der Waals surface area contributed by atoms with Crippen LogP contribution in [0.2, 0.25) is 15.1 Å². The van der Waals surface area contributed by atoms with E-state index in [9.17, 15) is 9.18 Å². The van der Waals surface area contributed by atoms with Gasteiger partial charge in [0.25, 0.3) is 5.91 Å². The molecule has 0 bridgehead atoms. The zero-order valence-electron chi connectivity index (χ0n) is 15.7. The first-order valence-electron chi connectivity index (χ1n) is 9.09. The second-order valence-corrected chi connectivity index (χ2v) is 7.96. The molecule has 0 aliphatic heterocycles. The van der Waals surface area contributed by atoms with Gasteiger partial charge in [-0.05, 0) is 66.8 Å². The fourth-order valence-electron chi connectivity index (χ4n) is 2.96. The number of amides is 1. The Labute approximate surface area is 184 Å². The summed E-state index contributed by atoms with van der Waals surface area (Å²) in [6, 6.07) is 17.5. The van der Waals surface area contributed by atoms with Gasteiger partial charge in [-0.2, -0.15) is 0 Å². The number of benzene rings is 3. The molecule has 0 aromatic heterocycles. The number of carbonyl (C=O) groups is 1. The average Bonchev–Trinajstić information content (AvgIpc) is 2.72. The largest absolute Gasteiger partial charge is 0.322 e. The number of hydrogen-bond acceptors (Lipinski definition) is 1. The van der Waals surface area contributed by atoms with Gasteiger partial charge in [-0.3, -0.25) is 4.79 Å². The highest BCUT2D eigenvalue weighted by atomic mass is 35.5. The average molecular weight is 451 g/mol. The van der Waals surface area contributed by atoms with Crippen LogP contribution in [0.15, 0.2) is 60.7 Å². The van der Waals surface area contributed by atoms with Gasteiger partial charge < -0.3 is 5.32 Å². The molecular weight excluding hydrogens is 432 g/mol. The molecule has 0 aliphatic rings. The lowest BCUT2D eigenvalue weighted by Crippen LogP contribution is -2.12. The zero-order chi connectivity index (χ0) is 21.0. The first kappa shape index (κ1) is 21.6. The molecule has 2 nitrogen and oxygen atoms in total. The van der Waals surface area contributed by atoms with Crippen molar-refractivity contribution in [1.29, 1.82) is 0 Å². The Bertz CT molecular complexity index is 998. The maximum atomic E-state index is 14.6. The number of carbonyl (C=O) groups excluding carboxylic acids is 1. The predicted octanol–water partition coefficient (Wildman–Crippen LogP) is 7.85. The number of alkyl halides is 1. The number of hydrogen-bond donors (Lipinski definition) is 1. The minimum atomic E-state index is -1.17. The van der Waals surface area contributed by atoms with E-state index < -0.39 is 6.17 Å². The molecule has 0 spiro atoms. The summed E-state index contributed by atoms with van der Waals surface area (Å²) in [7, 11) is 0. The Balaban J connectivity index is 1.62. The molecule has 0 saturated heterocycles. The molecule has 3 aromatic carbocycles. The predicted molar refractivity (Wildman–Crippen MR) is 119 cm³/mol. The lowest BCUT2D eigenvalue weighted by molar-refractivity contribution is 0.102. The molecule has 1 amide bonds. The van der Waals surface area contributed by atoms with Gasteiger partial charge in [0.2, 0.25) is 0 Å². The van der Waals surface area contributed by atoms with Gasteiger partial charge in [-0.15, -0.1) is 0 Å². The van der Waals surface area contributed by atoms with Gasteiger partial charge in [-0.25, -0.2) is 4.39 Å². The van der Waals surface area contributed by atoms with Crippen molar-refractivity contribution in [2.45, 2.75) is 25.9 Å². The summed E-state index contributed by atoms with van der Waals surface area (Å²) in [6.07, 6.45) is -0.437. The second kappa shape index (κ2) is 9.62. The van der Waals surface area contributed by atoms with Gasteiger partial charge in [0.15, 0.2) is 0 Å². The summed E-state index contributed by atoms with van der Waals surface area (Å²) >= 11 is 18.0. The van der Waals surface area contributed by atoms with E-state index in [1.165, 1.54) is 0 Å². The third kappa shape index (κ3) is 5.51. The Morgan fingerprint density at radius 1 is 1.00 bits per heavy atom. The Kier molecular flexibility index (Phi) is 7.18. The van der Waals surface area contributed by atoms with Crippen LogP contribution in [0.1, 0.15) is 39.6 Å². The number of aryl methyl sites for hydroxylation is 2. The molecular formula is C23H19Cl3FNO. The van der Waals surface area contributed by atoms with Crippen molar-refractivity contribution in [3.8, 4) is 0 Å². The van der Waals surface area contributed by atoms with Crippen molar-refractivity contribution in [1.82, 2.24) is 0 Å². The van der Waals surface area contributed by atoms with Gasteiger partial charge in [0, 0.05) is 11.3 Å². The zero-order valence-corrected chi connectivity index (χ0v) is 18.0. The highest BCUT2D eigenvalue weighted by molar-refractivity contribution is 6.48. The molecule has 0 saturated carbocycles. The molecule has 1 N–H and O–H groups in total. The topological polar surface area (TPSA) is 29.1 Å². The van der Waals surface area contributed by atoms with Crippen molar-refractivity contribution in [3.63, 3.8) is 0 Å². The van der Waals surface area contributed by atoms with E-state index >= 15 is 0 Å². The number of halogens is 4. The SMILES string of the molecule is Cc1ccccc1NC(=O)c1ccc(C(F)CCc2cc(Cl)c(Cl)c(Cl)c2)cc1. The molecule has 29 heavy (non-hydrogen) atoms. The minimum Gasteiger partial charge on any atom is -0.322 e. The van der Waals surface area contributed by atoms with Crippen molar-refractivity contribution in [3.05, 3.63) is 98.0 Å². The van der Waals surface area contributed by atoms with E-state index in [0.29, 0.717) is 32.6 Å². The number of rotatable bonds is 6. The van der Waals surface area contributed by atoms with Crippen LogP contribution in [-0.2, 0) is 6.42 Å². The molecule has 150 valence electrons. The van der Waals surface area contributed by atoms with Crippen LogP contribution in [0.5, 0.6) is 0 Å². The molecule has 1 atom stereocenters. The van der Waals surface area contributed by atoms with Crippen LogP contribution in [0.3, 0.4) is 0 Å². The molecule has 3 aromatic rings. The van der Waals surface area contributed by atoms with Crippen molar-refractivity contribution >= 4 is 46.4 Å². The quantitative estimate of drug-likeness (QED) is 0.381. The van der Waals surface area contributed by atoms with Crippen LogP contribution in [0.25, 0.3) is 0 Å². The molecule has 0 fully saturated rings. The maximum absolute atomic E-state index is 14.6. The standard InChI is InChI=1S/C23H19Cl3FNO/c1-14-4-2-3-5-21(14)28-23(29)17-9-7-16(8-10-17)20(27)11-6-15-12-18(24)22(26)19(25)13-15/h2-5,7-10,12-13,20H,6,11H2,1H3,(H,28,29). The summed E-state index contributed by atoms with van der Waals surface area (Å²) in [5, 5.41) is 3.88. The molecule has 6 heteroatoms. The van der Waals surface area contributed by atoms with E-state index in [0.717, 1.165) is 16.8 Å². The summed E-state index contributed by atoms with van der Waals surface area (Å²) in [4.78, 5) is 12.4. The number of para-hydroxylation sites is 1. The summed E-state index contributed by atoms with van der Waals surface area (Å²) < 4.78 is 14.6. The highest BCUT2D eigenvalue weighted by Crippen LogP contribution is 2.32. The lowest BCUT2D eigenvalue weighted by Gasteiger charge is -2.11. The van der Waals surface area contributed by atoms with Crippen molar-refractivity contribution in [2.24, 2.45) is 0 Å². The molecule has 3 rings (SSSR count). The van der Waals surface area contributed by atoms with Crippen LogP contribution in [0, 0.1) is 6.92 Å². The van der Waals surface area contributed by atoms with Crippen LogP contribution in [0.4, 0.5) is 10.1 Å². The fourth-order valence-corrected chi connectivity index (χ4v) is 3.60. The van der Waals surface area contributed by atoms with E-state index in [1.807, 2.05) is 31.2 Å². The smallest absolute Gasteiger partial charge is 0.255 e. The van der Waals surface area contributed by atoms with Crippen LogP contribution in [-0.4, -0.2) is 5.91 Å². The monoisotopic (exact) mass is 449 g/mol. The normalized spacial score (nSPS) is 11.9. The molecule has 0 heterocycles. The second-order valence-electron chi connectivity index (χ2n) is 6.77. The molecule has 0 radical (unpaired) electrons. The van der Waals surface area contributed by atoms with E-state index in [1.54, 1.807) is 36.4 Å². The Morgan fingerprint density at radius 3 is 2.24 bits per heavy atom. The highest BCUT2D eigenvalue weighted by Gasteiger charge is 2.14. The number of anilines is 1. The van der Waals surface area contributed by atoms with Crippen LogP contribution >= 0.6 is 34.8 Å². The first-order valence-corrected chi connectivity index (χ1v) is 10.2. The van der Waals surface area contributed by atoms with Crippen molar-refractivity contribution < 1.29 is 9.18 Å². The first-order chi connectivity index (χ1) is 13.8. The van der Waals surface area contributed by atoms with Gasteiger partial charge in [0.05, 0.1) is 15.1 Å². The van der Waals surface area contributed by atoms with Crippen LogP contribution < -0.4 is 5.32 Å². The lowest BCUT2D eigenvalue weighted by atomic mass is 10.0. The van der Waals surface area contributed by atoms with E-state index in [2.05, 4.69) is 5.32 Å². The summed E-state index contributed by atoms with van der Waals surface area (Å²) in [6.45, 7) is 1.92.